The molecule has 2 heterocycles. The van der Waals surface area contributed by atoms with Gasteiger partial charge in [0.25, 0.3) is 0 Å². The monoisotopic (exact) mass is 420 g/mol. The van der Waals surface area contributed by atoms with Gasteiger partial charge in [-0.3, -0.25) is 0 Å². The normalized spacial score (nSPS) is 8.82. The third-order valence-corrected chi connectivity index (χ3v) is 1.77. The number of hydrogen-bond acceptors (Lipinski definition) is 0. The van der Waals surface area contributed by atoms with Crippen LogP contribution in [0.4, 0.5) is 0 Å². The maximum Gasteiger partial charge on any atom is 0.243 e. The summed E-state index contributed by atoms with van der Waals surface area (Å²) in [6.45, 7) is 9.19. The Morgan fingerprint density at radius 3 is 1.11 bits per heavy atom. The Balaban J connectivity index is -0.0000000558. The highest BCUT2D eigenvalue weighted by Gasteiger charge is 2.03. The summed E-state index contributed by atoms with van der Waals surface area (Å²) in [7, 11) is 14.1. The van der Waals surface area contributed by atoms with E-state index < -0.39 is 0 Å². The van der Waals surface area contributed by atoms with Crippen LogP contribution in [-0.2, 0) is 21.1 Å². The van der Waals surface area contributed by atoms with Gasteiger partial charge in [0.05, 0.1) is 42.3 Å². The van der Waals surface area contributed by atoms with E-state index in [1.165, 1.54) is 0 Å². The van der Waals surface area contributed by atoms with Gasteiger partial charge < -0.3 is 4.48 Å². The van der Waals surface area contributed by atoms with E-state index in [1.54, 1.807) is 0 Å². The van der Waals surface area contributed by atoms with Gasteiger partial charge in [-0.1, -0.05) is 35.8 Å². The smallest absolute Gasteiger partial charge is 0.243 e. The highest BCUT2D eigenvalue weighted by atomic mass is 31.2. The fourth-order valence-electron chi connectivity index (χ4n) is 1.06. The highest BCUT2D eigenvalue weighted by Crippen LogP contribution is 2.40. The van der Waals surface area contributed by atoms with Crippen LogP contribution in [0.15, 0.2) is 49.3 Å². The van der Waals surface area contributed by atoms with Crippen LogP contribution in [0.2, 0.25) is 0 Å². The van der Waals surface area contributed by atoms with Crippen LogP contribution in [0.5, 0.6) is 0 Å². The molecular formula is C23H57N4P+4. The predicted molar refractivity (Wildman–Crippen MR) is 136 cm³/mol. The zero-order valence-corrected chi connectivity index (χ0v) is 18.7. The third kappa shape index (κ3) is 56.3. The summed E-state index contributed by atoms with van der Waals surface area (Å²) in [4.78, 5) is 0. The molecule has 2 rings (SSSR count). The Labute approximate surface area is 180 Å². The van der Waals surface area contributed by atoms with Crippen LogP contribution in [0.25, 0.3) is 0 Å². The molecule has 0 bridgehead atoms. The standard InChI is InChI=1S/C6H8N.C5H9N2.C4H12N.C4H12P.4CH4/c1-7-5-3-2-4-6-7;1-6-3-4-7(2)5-6;2*1-5(2,3)4;;;;/h2-6H,1H3;3-5H,1-2H3;2*1-4H3;4*1H4/q4*+1;;;;. The molecule has 0 aromatic carbocycles. The summed E-state index contributed by atoms with van der Waals surface area (Å²) in [5.41, 5.74) is 0. The molecule has 0 amide bonds. The molecule has 170 valence electrons. The number of hydrogen-bond donors (Lipinski definition) is 0. The predicted octanol–water partition coefficient (Wildman–Crippen LogP) is 4.75. The number of aromatic nitrogens is 3. The molecule has 0 radical (unpaired) electrons. The second kappa shape index (κ2) is 20.5. The fraction of sp³-hybridized carbons (Fsp3) is 0.652. The minimum atomic E-state index is -0.389. The molecule has 0 N–H and O–H groups in total. The van der Waals surface area contributed by atoms with Gasteiger partial charge in [-0.05, 0) is 0 Å². The molecule has 0 spiro atoms. The molecule has 28 heavy (non-hydrogen) atoms. The van der Waals surface area contributed by atoms with E-state index in [1.807, 2.05) is 84.2 Å². The lowest BCUT2D eigenvalue weighted by molar-refractivity contribution is -0.849. The Bertz CT molecular complexity index is 483. The quantitative estimate of drug-likeness (QED) is 0.331. The summed E-state index contributed by atoms with van der Waals surface area (Å²) >= 11 is 0. The average molecular weight is 421 g/mol. The molecule has 5 heteroatoms. The van der Waals surface area contributed by atoms with Gasteiger partial charge in [0, 0.05) is 46.1 Å². The summed E-state index contributed by atoms with van der Waals surface area (Å²) in [6, 6.07) is 6.00. The molecule has 2 aromatic heterocycles. The number of quaternary nitrogens is 1. The Kier molecular flexibility index (Phi) is 30.1. The highest BCUT2D eigenvalue weighted by molar-refractivity contribution is 7.73. The Morgan fingerprint density at radius 1 is 0.679 bits per heavy atom. The van der Waals surface area contributed by atoms with E-state index in [-0.39, 0.29) is 37.0 Å². The average Bonchev–Trinajstić information content (AvgIpc) is 2.70. The largest absolute Gasteiger partial charge is 0.333 e. The van der Waals surface area contributed by atoms with E-state index in [9.17, 15) is 0 Å². The molecule has 0 atom stereocenters. The number of rotatable bonds is 0. The van der Waals surface area contributed by atoms with Gasteiger partial charge in [0.15, 0.2) is 12.4 Å². The summed E-state index contributed by atoms with van der Waals surface area (Å²) in [5, 5.41) is 0. The maximum atomic E-state index is 2.30. The first-order chi connectivity index (χ1) is 10.7. The first-order valence-electron chi connectivity index (χ1n) is 8.14. The van der Waals surface area contributed by atoms with Gasteiger partial charge in [0.2, 0.25) is 6.33 Å². The fourth-order valence-corrected chi connectivity index (χ4v) is 1.06. The van der Waals surface area contributed by atoms with Gasteiger partial charge in [0.1, 0.15) is 19.4 Å². The van der Waals surface area contributed by atoms with Crippen molar-refractivity contribution in [3.63, 3.8) is 0 Å². The van der Waals surface area contributed by atoms with E-state index in [2.05, 4.69) is 54.8 Å². The van der Waals surface area contributed by atoms with Crippen molar-refractivity contribution in [1.29, 1.82) is 0 Å². The second-order valence-electron chi connectivity index (χ2n) is 8.65. The third-order valence-electron chi connectivity index (χ3n) is 1.77. The van der Waals surface area contributed by atoms with Crippen molar-refractivity contribution in [2.45, 2.75) is 29.7 Å². The van der Waals surface area contributed by atoms with Crippen LogP contribution in [0, 0.1) is 0 Å². The van der Waals surface area contributed by atoms with Crippen LogP contribution >= 0.6 is 7.26 Å². The zero-order valence-electron chi connectivity index (χ0n) is 17.9. The van der Waals surface area contributed by atoms with Crippen molar-refractivity contribution in [2.24, 2.45) is 21.1 Å². The zero-order chi connectivity index (χ0) is 19.4. The summed E-state index contributed by atoms with van der Waals surface area (Å²) in [6.07, 6.45) is 10.0. The lowest BCUT2D eigenvalue weighted by Gasteiger charge is -2.14. The van der Waals surface area contributed by atoms with Crippen molar-refractivity contribution in [2.75, 3.05) is 54.8 Å². The number of aryl methyl sites for hydroxylation is 3. The molecule has 4 nitrogen and oxygen atoms in total. The van der Waals surface area contributed by atoms with Gasteiger partial charge in [-0.2, -0.15) is 0 Å². The molecule has 2 aromatic rings. The van der Waals surface area contributed by atoms with E-state index in [0.717, 1.165) is 4.48 Å². The lowest BCUT2D eigenvalue weighted by Crippen LogP contribution is -2.27. The van der Waals surface area contributed by atoms with Crippen LogP contribution in [0.1, 0.15) is 29.7 Å². The maximum absolute atomic E-state index is 2.30. The number of nitrogens with zero attached hydrogens (tertiary/aromatic N) is 4. The Hall–Kier alpha value is -1.25. The van der Waals surface area contributed by atoms with E-state index >= 15 is 0 Å². The van der Waals surface area contributed by atoms with Crippen LogP contribution < -0.4 is 9.13 Å². The summed E-state index contributed by atoms with van der Waals surface area (Å²) < 4.78 is 7.00. The molecule has 0 aliphatic heterocycles. The van der Waals surface area contributed by atoms with Crippen molar-refractivity contribution in [1.82, 2.24) is 4.57 Å². The van der Waals surface area contributed by atoms with E-state index in [0.29, 0.717) is 0 Å². The van der Waals surface area contributed by atoms with Gasteiger partial charge >= 0.3 is 0 Å². The van der Waals surface area contributed by atoms with Crippen LogP contribution in [-0.4, -0.2) is 63.9 Å². The minimum absolute atomic E-state index is 0. The molecule has 0 unspecified atom stereocenters. The van der Waals surface area contributed by atoms with Gasteiger partial charge in [-0.25, -0.2) is 13.7 Å². The molecule has 0 saturated heterocycles. The molecule has 0 aliphatic rings. The first kappa shape index (κ1) is 41.2. The van der Waals surface area contributed by atoms with Crippen molar-refractivity contribution in [3.8, 4) is 0 Å². The topological polar surface area (TPSA) is 12.7 Å². The van der Waals surface area contributed by atoms with E-state index in [4.69, 9.17) is 0 Å². The molecule has 0 fully saturated rings. The molecule has 0 aliphatic carbocycles. The van der Waals surface area contributed by atoms with Gasteiger partial charge in [-0.15, -0.1) is 0 Å². The SMILES string of the molecule is C.C.C.C.C[N+](C)(C)C.C[P+](C)(C)C.C[n+]1ccccc1.Cn1cc[n+](C)c1. The first-order valence-corrected chi connectivity index (χ1v) is 11.7. The van der Waals surface area contributed by atoms with Crippen molar-refractivity contribution < 1.29 is 13.6 Å². The minimum Gasteiger partial charge on any atom is -0.333 e. The lowest BCUT2D eigenvalue weighted by atomic mass is 10.5. The number of pyridine rings is 1. The molecule has 0 saturated carbocycles. The van der Waals surface area contributed by atoms with Crippen molar-refractivity contribution in [3.05, 3.63) is 49.3 Å². The Morgan fingerprint density at radius 2 is 1.00 bits per heavy atom. The van der Waals surface area contributed by atoms with Crippen LogP contribution in [0.3, 0.4) is 0 Å². The number of imidazole rings is 1. The van der Waals surface area contributed by atoms with Crippen molar-refractivity contribution >= 4 is 7.26 Å². The molecular weight excluding hydrogens is 363 g/mol. The summed E-state index contributed by atoms with van der Waals surface area (Å²) in [5.74, 6) is 0. The second-order valence-corrected chi connectivity index (χ2v) is 14.0.